The predicted octanol–water partition coefficient (Wildman–Crippen LogP) is 4.16. The number of halogens is 1. The highest BCUT2D eigenvalue weighted by atomic mass is 35.5. The second-order valence-electron chi connectivity index (χ2n) is 5.84. The molecule has 1 aromatic carbocycles. The van der Waals surface area contributed by atoms with Gasteiger partial charge in [0.2, 0.25) is 0 Å². The van der Waals surface area contributed by atoms with Crippen molar-refractivity contribution in [2.45, 2.75) is 13.0 Å². The van der Waals surface area contributed by atoms with Gasteiger partial charge in [-0.05, 0) is 13.1 Å². The second kappa shape index (κ2) is 6.84. The van der Waals surface area contributed by atoms with Gasteiger partial charge >= 0.3 is 0 Å². The molecule has 1 aliphatic rings. The summed E-state index contributed by atoms with van der Waals surface area (Å²) in [7, 11) is 2.09. The molecule has 8 heteroatoms. The van der Waals surface area contributed by atoms with Gasteiger partial charge < -0.3 is 4.90 Å². The number of carbonyl (C=O) groups is 1. The molecule has 0 radical (unpaired) electrons. The molecule has 0 aliphatic carbocycles. The van der Waals surface area contributed by atoms with E-state index >= 15 is 0 Å². The molecule has 0 fully saturated rings. The topological polar surface area (TPSA) is 58.1 Å². The lowest BCUT2D eigenvalue weighted by molar-refractivity contribution is 0.103. The fraction of sp³-hybridized carbons (Fsp3) is 0.235. The molecule has 1 amide bonds. The molecule has 0 unspecified atom stereocenters. The molecular formula is C17H15ClN4OS2. The second-order valence-corrected chi connectivity index (χ2v) is 8.36. The van der Waals surface area contributed by atoms with Gasteiger partial charge in [-0.2, -0.15) is 0 Å². The minimum absolute atomic E-state index is 0.185. The number of nitrogens with zero attached hydrogens (tertiary/aromatic N) is 3. The fourth-order valence-electron chi connectivity index (χ4n) is 2.67. The smallest absolute Gasteiger partial charge is 0.269 e. The van der Waals surface area contributed by atoms with Crippen LogP contribution < -0.4 is 5.32 Å². The van der Waals surface area contributed by atoms with E-state index in [-0.39, 0.29) is 5.91 Å². The van der Waals surface area contributed by atoms with Crippen LogP contribution in [0.1, 0.15) is 20.2 Å². The van der Waals surface area contributed by atoms with Gasteiger partial charge in [0.15, 0.2) is 5.13 Å². The van der Waals surface area contributed by atoms with Crippen molar-refractivity contribution in [1.29, 1.82) is 0 Å². The Morgan fingerprint density at radius 2 is 2.16 bits per heavy atom. The van der Waals surface area contributed by atoms with Crippen LogP contribution in [0.25, 0.3) is 10.6 Å². The van der Waals surface area contributed by atoms with Crippen LogP contribution in [0.2, 0.25) is 5.02 Å². The third-order valence-electron chi connectivity index (χ3n) is 3.98. The summed E-state index contributed by atoms with van der Waals surface area (Å²) in [6.45, 7) is 1.89. The van der Waals surface area contributed by atoms with Crippen LogP contribution in [0.5, 0.6) is 0 Å². The van der Waals surface area contributed by atoms with Crippen molar-refractivity contribution in [2.24, 2.45) is 0 Å². The molecule has 0 saturated carbocycles. The van der Waals surface area contributed by atoms with Gasteiger partial charge in [-0.3, -0.25) is 10.1 Å². The normalized spacial score (nSPS) is 14.3. The average Bonchev–Trinajstić information content (AvgIpc) is 3.21. The Morgan fingerprint density at radius 1 is 1.32 bits per heavy atom. The van der Waals surface area contributed by atoms with Crippen molar-refractivity contribution in [2.75, 3.05) is 18.9 Å². The van der Waals surface area contributed by atoms with E-state index in [4.69, 9.17) is 11.6 Å². The molecule has 5 nitrogen and oxygen atoms in total. The van der Waals surface area contributed by atoms with Crippen LogP contribution in [-0.2, 0) is 13.0 Å². The first-order chi connectivity index (χ1) is 12.1. The first-order valence-corrected chi connectivity index (χ1v) is 9.80. The minimum Gasteiger partial charge on any atom is -0.301 e. The summed E-state index contributed by atoms with van der Waals surface area (Å²) in [5.41, 5.74) is 1.93. The number of carbonyl (C=O) groups excluding carboxylic acids is 1. The third-order valence-corrected chi connectivity index (χ3v) is 6.33. The standard InChI is InChI=1S/C17H15ClN4OS2/c1-22-7-6-12-14(9-22)25-17(20-12)21-15(23)13-8-19-16(24-13)10-4-2-3-5-11(10)18/h2-5,8H,6-7,9H2,1H3,(H,20,21,23). The summed E-state index contributed by atoms with van der Waals surface area (Å²) >= 11 is 9.07. The monoisotopic (exact) mass is 390 g/mol. The van der Waals surface area contributed by atoms with Gasteiger partial charge in [-0.25, -0.2) is 9.97 Å². The molecule has 25 heavy (non-hydrogen) atoms. The molecule has 3 aromatic rings. The van der Waals surface area contributed by atoms with Crippen molar-refractivity contribution in [3.05, 3.63) is 50.9 Å². The highest BCUT2D eigenvalue weighted by Crippen LogP contribution is 2.32. The summed E-state index contributed by atoms with van der Waals surface area (Å²) in [6, 6.07) is 7.48. The van der Waals surface area contributed by atoms with Gasteiger partial charge in [-0.15, -0.1) is 22.7 Å². The molecule has 3 heterocycles. The Kier molecular flexibility index (Phi) is 4.56. The van der Waals surface area contributed by atoms with Gasteiger partial charge in [0.1, 0.15) is 9.88 Å². The summed E-state index contributed by atoms with van der Waals surface area (Å²) < 4.78 is 0. The van der Waals surface area contributed by atoms with Gasteiger partial charge in [0.25, 0.3) is 5.91 Å². The van der Waals surface area contributed by atoms with E-state index in [2.05, 4.69) is 27.2 Å². The fourth-order valence-corrected chi connectivity index (χ4v) is 4.89. The van der Waals surface area contributed by atoms with Gasteiger partial charge in [0.05, 0.1) is 16.9 Å². The van der Waals surface area contributed by atoms with E-state index in [9.17, 15) is 4.79 Å². The number of hydrogen-bond acceptors (Lipinski definition) is 6. The van der Waals surface area contributed by atoms with E-state index in [0.717, 1.165) is 35.8 Å². The number of aromatic nitrogens is 2. The van der Waals surface area contributed by atoms with Crippen LogP contribution in [0.15, 0.2) is 30.5 Å². The van der Waals surface area contributed by atoms with Crippen LogP contribution in [0.4, 0.5) is 5.13 Å². The highest BCUT2D eigenvalue weighted by molar-refractivity contribution is 7.17. The largest absolute Gasteiger partial charge is 0.301 e. The molecule has 2 aromatic heterocycles. The summed E-state index contributed by atoms with van der Waals surface area (Å²) in [4.78, 5) is 25.4. The third kappa shape index (κ3) is 3.46. The van der Waals surface area contributed by atoms with Gasteiger partial charge in [-0.1, -0.05) is 29.8 Å². The number of hydrogen-bond donors (Lipinski definition) is 1. The van der Waals surface area contributed by atoms with Crippen LogP contribution in [0.3, 0.4) is 0 Å². The number of nitrogens with one attached hydrogen (secondary N) is 1. The van der Waals surface area contributed by atoms with Crippen molar-refractivity contribution in [1.82, 2.24) is 14.9 Å². The molecule has 1 N–H and O–H groups in total. The van der Waals surface area contributed by atoms with E-state index in [1.54, 1.807) is 17.5 Å². The molecule has 0 atom stereocenters. The first-order valence-electron chi connectivity index (χ1n) is 7.79. The minimum atomic E-state index is -0.185. The summed E-state index contributed by atoms with van der Waals surface area (Å²) in [5, 5.41) is 4.91. The molecule has 128 valence electrons. The lowest BCUT2D eigenvalue weighted by Crippen LogP contribution is -2.25. The molecule has 0 spiro atoms. The predicted molar refractivity (Wildman–Crippen MR) is 103 cm³/mol. The Bertz CT molecular complexity index is 936. The lowest BCUT2D eigenvalue weighted by Gasteiger charge is -2.20. The van der Waals surface area contributed by atoms with E-state index in [0.29, 0.717) is 15.0 Å². The van der Waals surface area contributed by atoms with Crippen molar-refractivity contribution >= 4 is 45.3 Å². The Labute approximate surface area is 158 Å². The van der Waals surface area contributed by atoms with Crippen molar-refractivity contribution in [3.8, 4) is 10.6 Å². The Morgan fingerprint density at radius 3 is 3.00 bits per heavy atom. The summed E-state index contributed by atoms with van der Waals surface area (Å²) in [6.07, 6.45) is 2.51. The Hall–Kier alpha value is -1.80. The molecule has 4 rings (SSSR count). The first kappa shape index (κ1) is 16.7. The number of likely N-dealkylation sites (N-methyl/N-ethyl adjacent to an activating group) is 1. The van der Waals surface area contributed by atoms with Crippen LogP contribution >= 0.6 is 34.3 Å². The number of rotatable bonds is 3. The maximum absolute atomic E-state index is 12.5. The average molecular weight is 391 g/mol. The quantitative estimate of drug-likeness (QED) is 0.729. The summed E-state index contributed by atoms with van der Waals surface area (Å²) in [5.74, 6) is -0.185. The number of anilines is 1. The van der Waals surface area contributed by atoms with Crippen LogP contribution in [0, 0.1) is 0 Å². The lowest BCUT2D eigenvalue weighted by atomic mass is 10.2. The van der Waals surface area contributed by atoms with E-state index in [1.807, 2.05) is 24.3 Å². The van der Waals surface area contributed by atoms with Crippen molar-refractivity contribution in [3.63, 3.8) is 0 Å². The molecule has 1 aliphatic heterocycles. The number of benzene rings is 1. The maximum atomic E-state index is 12.5. The zero-order valence-electron chi connectivity index (χ0n) is 13.5. The highest BCUT2D eigenvalue weighted by Gasteiger charge is 2.20. The maximum Gasteiger partial charge on any atom is 0.269 e. The number of amides is 1. The SMILES string of the molecule is CN1CCc2nc(NC(=O)c3cnc(-c4ccccc4Cl)s3)sc2C1. The molecule has 0 bridgehead atoms. The molecular weight excluding hydrogens is 376 g/mol. The van der Waals surface area contributed by atoms with Crippen LogP contribution in [-0.4, -0.2) is 34.4 Å². The zero-order valence-corrected chi connectivity index (χ0v) is 15.8. The Balaban J connectivity index is 1.52. The van der Waals surface area contributed by atoms with Crippen molar-refractivity contribution < 1.29 is 4.79 Å². The van der Waals surface area contributed by atoms with Gasteiger partial charge in [0, 0.05) is 30.0 Å². The van der Waals surface area contributed by atoms with E-state index in [1.165, 1.54) is 16.2 Å². The zero-order chi connectivity index (χ0) is 17.4. The molecule has 0 saturated heterocycles. The van der Waals surface area contributed by atoms with E-state index < -0.39 is 0 Å². The number of thiazole rings is 2. The number of fused-ring (bicyclic) bond motifs is 1.